The summed E-state index contributed by atoms with van der Waals surface area (Å²) in [7, 11) is 13.0. The van der Waals surface area contributed by atoms with Crippen LogP contribution in [0.2, 0.25) is 0 Å². The van der Waals surface area contributed by atoms with Crippen LogP contribution in [0.4, 0.5) is 0 Å². The molecule has 4 rings (SSSR count). The van der Waals surface area contributed by atoms with Gasteiger partial charge in [-0.1, -0.05) is 58.2 Å². The van der Waals surface area contributed by atoms with Gasteiger partial charge in [-0.2, -0.15) is 0 Å². The maximum Gasteiger partial charge on any atom is 0.308 e. The molecule has 0 spiro atoms. The predicted octanol–water partition coefficient (Wildman–Crippen LogP) is 1.76. The largest absolute Gasteiger partial charge is 1.00 e. The average Bonchev–Trinajstić information content (AvgIpc) is 0.589. The zero-order chi connectivity index (χ0) is 79.9. The number of aliphatic hydroxyl groups excluding tert-OH is 9. The number of nitrogens with zero attached hydrogens (tertiary/aromatic N) is 1. The number of amides is 2. The highest BCUT2D eigenvalue weighted by atomic mass is 79.9. The number of carbonyl (C=O) groups excluding carboxylic acids is 6. The Balaban J connectivity index is 0. The lowest BCUT2D eigenvalue weighted by atomic mass is 9.95. The molecule has 31 heteroatoms. The number of ketones is 1. The molecule has 0 radical (unpaired) electrons. The molecular weight excluding hydrogens is 1450 g/mol. The van der Waals surface area contributed by atoms with Crippen molar-refractivity contribution in [3.63, 3.8) is 0 Å². The summed E-state index contributed by atoms with van der Waals surface area (Å²) in [6.07, 6.45) is -2.20. The summed E-state index contributed by atoms with van der Waals surface area (Å²) < 4.78 is 65.7. The molecule has 2 saturated heterocycles. The number of aliphatic hydroxyl groups is 9. The molecule has 2 aromatic rings. The molecule has 2 amide bonds. The highest BCUT2D eigenvalue weighted by molar-refractivity contribution is 6.11. The molecule has 0 saturated carbocycles. The van der Waals surface area contributed by atoms with Crippen LogP contribution < -0.4 is 37.1 Å². The van der Waals surface area contributed by atoms with Gasteiger partial charge in [0.2, 0.25) is 18.1 Å². The van der Waals surface area contributed by atoms with Crippen molar-refractivity contribution in [2.75, 3.05) is 76.4 Å². The van der Waals surface area contributed by atoms with E-state index in [-0.39, 0.29) is 141 Å². The normalized spacial score (nSPS) is 19.8. The van der Waals surface area contributed by atoms with E-state index < -0.39 is 73.2 Å². The highest BCUT2D eigenvalue weighted by Gasteiger charge is 2.36. The van der Waals surface area contributed by atoms with Crippen molar-refractivity contribution in [3.05, 3.63) is 84.5 Å². The molecule has 14 unspecified atom stereocenters. The number of hydrogen-bond donors (Lipinski definition) is 11. The Morgan fingerprint density at radius 3 is 1.42 bits per heavy atom. The second-order valence-electron chi connectivity index (χ2n) is 26.5. The molecule has 0 aromatic heterocycles. The Kier molecular flexibility index (Phi) is 55.7. The monoisotopic (exact) mass is 1580 g/mol. The molecule has 2 fully saturated rings. The maximum atomic E-state index is 13.0. The number of quaternary nitrogens is 1. The number of nitrogens with one attached hydrogen (secondary N) is 2. The van der Waals surface area contributed by atoms with E-state index in [2.05, 4.69) is 37.9 Å². The van der Waals surface area contributed by atoms with Crippen molar-refractivity contribution in [3.8, 4) is 11.5 Å². The summed E-state index contributed by atoms with van der Waals surface area (Å²) >= 11 is 0. The Morgan fingerprint density at radius 2 is 1.00 bits per heavy atom. The molecular formula is C75H128BrN3O27. The van der Waals surface area contributed by atoms with Crippen LogP contribution >= 0.6 is 0 Å². The van der Waals surface area contributed by atoms with Crippen LogP contribution in [0.1, 0.15) is 173 Å². The number of likely N-dealkylation sites (N-methyl/N-ethyl adjacent to an activating group) is 1. The van der Waals surface area contributed by atoms with Gasteiger partial charge in [-0.25, -0.2) is 0 Å². The first kappa shape index (κ1) is 103. The lowest BCUT2D eigenvalue weighted by Gasteiger charge is -2.39. The standard InChI is InChI=1S/C26H45NO9.C23H30NO6.C18H36O8.C7H13NO3.CH4O.BrH/c1-6-19(32-17(5)29)12-23-14-22(35-26(36-23)15-27-24(31)7-2)11-18(30)10-21-13-20(9-16(4)28)33-25(8-3)34-21;1-16(25)30-21-13-19(27-4)11-12-20(21)23(26)18-9-7-17(8-10-18)14-24(2,3)15-22(28-5)29-6;1-4-18(26-12(3)20)10-17(25)9-16(24)8-15(23)7-14(22)6-13(21)5-11(2)19;1-4-6(9)8-5-7(10-2)11-3;1-2;/h7,16,18-23,25-26,28,30H,2,6,8-15H2,1,3-5H3,(H,27,31);7-13,22H,14-15H2,1-6H3;11,13-19,21-25H,4-10H2,1-3H3;4,7H,1,5H2,2-3H3,(H,8,9);2H,1H3;1H/q;+1;;;;/p-1/t16-,18?,19?,20?,21?,22?,23?,25?,26?;;11-,13?,14?,15?,16?,17?,18?;;;/m1.1.../s1. The van der Waals surface area contributed by atoms with Crippen molar-refractivity contribution in [1.82, 2.24) is 10.6 Å². The number of carbonyl (C=O) groups is 6. The number of benzene rings is 2. The van der Waals surface area contributed by atoms with E-state index in [0.29, 0.717) is 92.2 Å². The van der Waals surface area contributed by atoms with Crippen molar-refractivity contribution < 1.29 is 153 Å². The SMILES string of the molecule is C=CC(=O)NCC(OC)OC.C=CC(=O)NCC1OC(CC(O)CC2CC(C[C@@H](C)O)OC(CC)O2)CC(CC(CC)OC(C)=O)O1.CCC(CC(O)CC(O)CC(O)CC(O)CC(O)C[C@@H](C)O)OC(C)=O.CO.COc1ccc(C(=O)c2ccc(C[N+](C)(C)CC(OC)OC)cc2)c(OC(C)=O)c1.[Br-]. The van der Waals surface area contributed by atoms with Gasteiger partial charge in [0.25, 0.3) is 0 Å². The van der Waals surface area contributed by atoms with Gasteiger partial charge in [0.05, 0.1) is 113 Å². The first-order valence-corrected chi connectivity index (χ1v) is 35.7. The number of esters is 3. The number of ether oxygens (including phenoxy) is 12. The van der Waals surface area contributed by atoms with Crippen molar-refractivity contribution in [1.29, 1.82) is 0 Å². The third-order valence-electron chi connectivity index (χ3n) is 16.3. The molecule has 0 bridgehead atoms. The lowest BCUT2D eigenvalue weighted by Crippen LogP contribution is -3.00. The van der Waals surface area contributed by atoms with E-state index in [9.17, 15) is 69.6 Å². The quantitative estimate of drug-likeness (QED) is 0.0113. The topological polar surface area (TPSA) is 419 Å². The molecule has 11 N–H and O–H groups in total. The van der Waals surface area contributed by atoms with Crippen molar-refractivity contribution in [2.45, 2.75) is 269 Å². The molecule has 106 heavy (non-hydrogen) atoms. The molecule has 612 valence electrons. The van der Waals surface area contributed by atoms with E-state index in [4.69, 9.17) is 61.9 Å². The first-order valence-electron chi connectivity index (χ1n) is 35.7. The van der Waals surface area contributed by atoms with Gasteiger partial charge < -0.3 is 135 Å². The van der Waals surface area contributed by atoms with Crippen molar-refractivity contribution in [2.24, 2.45) is 0 Å². The van der Waals surface area contributed by atoms with Crippen molar-refractivity contribution >= 4 is 35.5 Å². The zero-order valence-corrected chi connectivity index (χ0v) is 66.7. The number of methoxy groups -OCH3 is 5. The Hall–Kier alpha value is -5.50. The van der Waals surface area contributed by atoms with E-state index in [1.165, 1.54) is 67.2 Å². The Labute approximate surface area is 637 Å². The third-order valence-corrected chi connectivity index (χ3v) is 16.3. The van der Waals surface area contributed by atoms with Gasteiger partial charge in [0, 0.05) is 99.2 Å². The molecule has 30 nitrogen and oxygen atoms in total. The predicted molar refractivity (Wildman–Crippen MR) is 389 cm³/mol. The molecule has 2 aliphatic rings. The van der Waals surface area contributed by atoms with Gasteiger partial charge >= 0.3 is 17.9 Å². The van der Waals surface area contributed by atoms with Crippen LogP contribution in [-0.2, 0) is 77.9 Å². The second-order valence-corrected chi connectivity index (χ2v) is 26.5. The summed E-state index contributed by atoms with van der Waals surface area (Å²) in [5, 5.41) is 91.5. The average molecular weight is 1580 g/mol. The summed E-state index contributed by atoms with van der Waals surface area (Å²) in [6, 6.07) is 12.2. The van der Waals surface area contributed by atoms with Gasteiger partial charge in [-0.15, -0.1) is 0 Å². The molecule has 2 aromatic carbocycles. The van der Waals surface area contributed by atoms with E-state index >= 15 is 0 Å². The van der Waals surface area contributed by atoms with Crippen LogP contribution in [0.5, 0.6) is 11.5 Å². The second kappa shape index (κ2) is 57.6. The highest BCUT2D eigenvalue weighted by Crippen LogP contribution is 2.32. The Morgan fingerprint density at radius 1 is 0.557 bits per heavy atom. The minimum atomic E-state index is -0.985. The van der Waals surface area contributed by atoms with E-state index in [1.54, 1.807) is 45.4 Å². The summed E-state index contributed by atoms with van der Waals surface area (Å²) in [4.78, 5) is 69.1. The minimum absolute atomic E-state index is 0. The molecule has 16 atom stereocenters. The first-order chi connectivity index (χ1) is 49.6. The van der Waals surface area contributed by atoms with E-state index in [0.717, 1.165) is 19.2 Å². The summed E-state index contributed by atoms with van der Waals surface area (Å²) in [6.45, 7) is 21.6. The van der Waals surface area contributed by atoms with Crippen LogP contribution in [0, 0.1) is 0 Å². The minimum Gasteiger partial charge on any atom is -1.00 e. The maximum absolute atomic E-state index is 13.0. The van der Waals surface area contributed by atoms with Gasteiger partial charge in [0.15, 0.2) is 24.7 Å². The summed E-state index contributed by atoms with van der Waals surface area (Å²) in [5.74, 6) is -1.38. The van der Waals surface area contributed by atoms with E-state index in [1.807, 2.05) is 32.9 Å². The third kappa shape index (κ3) is 46.8. The number of rotatable bonds is 43. The molecule has 0 aliphatic carbocycles. The Bertz CT molecular complexity index is 2740. The molecule has 2 aliphatic heterocycles. The fraction of sp³-hybridized carbons (Fsp3) is 0.707. The summed E-state index contributed by atoms with van der Waals surface area (Å²) in [5.41, 5.74) is 1.89. The van der Waals surface area contributed by atoms with Crippen LogP contribution in [0.3, 0.4) is 0 Å². The fourth-order valence-electron chi connectivity index (χ4n) is 11.5. The van der Waals surface area contributed by atoms with Gasteiger partial charge in [-0.3, -0.25) is 28.8 Å². The zero-order valence-electron chi connectivity index (χ0n) is 65.1. The van der Waals surface area contributed by atoms with Crippen LogP contribution in [0.15, 0.2) is 67.8 Å². The van der Waals surface area contributed by atoms with Gasteiger partial charge in [0.1, 0.15) is 36.8 Å². The lowest BCUT2D eigenvalue weighted by molar-refractivity contribution is -0.909. The smallest absolute Gasteiger partial charge is 0.308 e. The number of halogens is 1. The molecule has 2 heterocycles. The van der Waals surface area contributed by atoms with Crippen LogP contribution in [-0.4, -0.2) is 273 Å². The fourth-order valence-corrected chi connectivity index (χ4v) is 11.5. The number of hydrogen-bond acceptors (Lipinski definition) is 27. The van der Waals surface area contributed by atoms with Gasteiger partial charge in [-0.05, 0) is 109 Å². The van der Waals surface area contributed by atoms with Crippen LogP contribution in [0.25, 0.3) is 0 Å².